The molecule has 0 radical (unpaired) electrons. The van der Waals surface area contributed by atoms with Gasteiger partial charge in [-0.2, -0.15) is 9.78 Å². The number of anilines is 4. The lowest BCUT2D eigenvalue weighted by atomic mass is 10.2. The first-order valence-electron chi connectivity index (χ1n) is 9.45. The molecule has 168 valence electrons. The molecule has 0 spiro atoms. The van der Waals surface area contributed by atoms with Gasteiger partial charge in [0.25, 0.3) is 5.91 Å². The van der Waals surface area contributed by atoms with E-state index in [1.807, 2.05) is 18.2 Å². The molecule has 0 saturated heterocycles. The highest BCUT2D eigenvalue weighted by Crippen LogP contribution is 2.27. The predicted octanol–water partition coefficient (Wildman–Crippen LogP) is 2.64. The van der Waals surface area contributed by atoms with E-state index >= 15 is 0 Å². The lowest BCUT2D eigenvalue weighted by Crippen LogP contribution is -2.16. The van der Waals surface area contributed by atoms with Gasteiger partial charge in [0.05, 0.1) is 19.0 Å². The number of nitrogens with one attached hydrogen (secondary N) is 3. The minimum Gasteiger partial charge on any atom is -0.488 e. The number of carbonyl (C=O) groups is 2. The summed E-state index contributed by atoms with van der Waals surface area (Å²) < 4.78 is 11.6. The summed E-state index contributed by atoms with van der Waals surface area (Å²) in [6, 6.07) is 12.0. The van der Waals surface area contributed by atoms with E-state index in [9.17, 15) is 14.4 Å². The molecule has 12 nitrogen and oxygen atoms in total. The van der Waals surface area contributed by atoms with Crippen LogP contribution in [0.5, 0.6) is 5.75 Å². The van der Waals surface area contributed by atoms with Crippen molar-refractivity contribution in [1.82, 2.24) is 20.0 Å². The highest BCUT2D eigenvalue weighted by molar-refractivity contribution is 7.17. The van der Waals surface area contributed by atoms with Gasteiger partial charge >= 0.3 is 5.63 Å². The van der Waals surface area contributed by atoms with Gasteiger partial charge in [0.2, 0.25) is 21.9 Å². The van der Waals surface area contributed by atoms with Crippen LogP contribution in [-0.2, 0) is 4.79 Å². The second-order valence-corrected chi connectivity index (χ2v) is 7.45. The summed E-state index contributed by atoms with van der Waals surface area (Å²) in [5.41, 5.74) is 0.133. The van der Waals surface area contributed by atoms with Crippen LogP contribution in [0.15, 0.2) is 57.9 Å². The second kappa shape index (κ2) is 9.32. The third-order valence-corrected chi connectivity index (χ3v) is 4.97. The summed E-state index contributed by atoms with van der Waals surface area (Å²) in [7, 11) is 1.33. The monoisotopic (exact) mass is 467 g/mol. The van der Waals surface area contributed by atoms with Crippen molar-refractivity contribution in [3.8, 4) is 10.9 Å². The largest absolute Gasteiger partial charge is 0.488 e. The lowest BCUT2D eigenvalue weighted by molar-refractivity contribution is -0.114. The van der Waals surface area contributed by atoms with Crippen LogP contribution in [0.2, 0.25) is 0 Å². The van der Waals surface area contributed by atoms with Crippen molar-refractivity contribution in [1.29, 1.82) is 0 Å². The molecule has 0 aliphatic heterocycles. The van der Waals surface area contributed by atoms with Gasteiger partial charge in [0.15, 0.2) is 5.76 Å². The summed E-state index contributed by atoms with van der Waals surface area (Å²) in [6.07, 6.45) is 1.48. The molecule has 33 heavy (non-hydrogen) atoms. The molecule has 0 fully saturated rings. The zero-order valence-corrected chi connectivity index (χ0v) is 18.2. The Bertz CT molecular complexity index is 1360. The minimum absolute atomic E-state index is 0.0715. The number of hydrogen-bond acceptors (Lipinski definition) is 10. The van der Waals surface area contributed by atoms with Crippen molar-refractivity contribution in [3.05, 3.63) is 64.8 Å². The normalized spacial score (nSPS) is 10.5. The molecule has 3 aromatic heterocycles. The number of amides is 2. The molecule has 2 amide bonds. The molecule has 13 heteroatoms. The molecule has 1 aromatic carbocycles. The van der Waals surface area contributed by atoms with Crippen molar-refractivity contribution < 1.29 is 18.7 Å². The number of benzene rings is 1. The highest BCUT2D eigenvalue weighted by atomic mass is 32.1. The summed E-state index contributed by atoms with van der Waals surface area (Å²) in [6.45, 7) is 1.37. The van der Waals surface area contributed by atoms with E-state index < -0.39 is 11.5 Å². The maximum Gasteiger partial charge on any atom is 0.381 e. The lowest BCUT2D eigenvalue weighted by Gasteiger charge is -2.11. The zero-order valence-electron chi connectivity index (χ0n) is 17.4. The minimum atomic E-state index is -0.821. The number of aromatic nitrogens is 4. The van der Waals surface area contributed by atoms with Crippen LogP contribution in [0.3, 0.4) is 0 Å². The van der Waals surface area contributed by atoms with Gasteiger partial charge in [0, 0.05) is 24.7 Å². The van der Waals surface area contributed by atoms with Crippen molar-refractivity contribution in [2.75, 3.05) is 23.1 Å². The van der Waals surface area contributed by atoms with Gasteiger partial charge in [0.1, 0.15) is 5.82 Å². The molecule has 0 saturated carbocycles. The first-order valence-corrected chi connectivity index (χ1v) is 10.3. The van der Waals surface area contributed by atoms with Crippen LogP contribution in [-0.4, -0.2) is 38.9 Å². The summed E-state index contributed by atoms with van der Waals surface area (Å²) in [4.78, 5) is 36.4. The average Bonchev–Trinajstić information content (AvgIpc) is 3.43. The third-order valence-electron chi connectivity index (χ3n) is 4.15. The summed E-state index contributed by atoms with van der Waals surface area (Å²) in [5, 5.41) is 20.6. The third kappa shape index (κ3) is 4.88. The molecular weight excluding hydrogens is 450 g/mol. The molecular formula is C20H17N7O5S. The van der Waals surface area contributed by atoms with Crippen LogP contribution < -0.4 is 26.3 Å². The Morgan fingerprint density at radius 1 is 1.12 bits per heavy atom. The van der Waals surface area contributed by atoms with E-state index in [0.717, 1.165) is 11.3 Å². The molecule has 4 rings (SSSR count). The fraction of sp³-hybridized carbons (Fsp3) is 0.100. The number of nitrogens with zero attached hydrogens (tertiary/aromatic N) is 4. The smallest absolute Gasteiger partial charge is 0.381 e. The Balaban J connectivity index is 1.56. The number of hydrogen-bond donors (Lipinski definition) is 3. The standard InChI is InChI=1S/C20H17N7O5S/c1-11(28)22-15-8-9-21-27(15)20-26-25-19(33-20)24-17(29)14-10-13(16(31-2)18(30)32-14)23-12-6-4-3-5-7-12/h3-10,23H,1-2H3,(H,22,28)(H,24,25,29). The first kappa shape index (κ1) is 21.7. The Hall–Kier alpha value is -4.52. The Kier molecular flexibility index (Phi) is 6.13. The average molecular weight is 467 g/mol. The fourth-order valence-corrected chi connectivity index (χ4v) is 3.51. The molecule has 3 N–H and O–H groups in total. The maximum atomic E-state index is 12.7. The molecule has 3 heterocycles. The van der Waals surface area contributed by atoms with Gasteiger partial charge in [-0.05, 0) is 12.1 Å². The topological polar surface area (TPSA) is 153 Å². The summed E-state index contributed by atoms with van der Waals surface area (Å²) >= 11 is 1.01. The van der Waals surface area contributed by atoms with Gasteiger partial charge in [-0.15, -0.1) is 10.2 Å². The van der Waals surface area contributed by atoms with Gasteiger partial charge in [-0.3, -0.25) is 14.9 Å². The molecule has 0 bridgehead atoms. The number of methoxy groups -OCH3 is 1. The van der Waals surface area contributed by atoms with Crippen LogP contribution in [0.4, 0.5) is 22.3 Å². The van der Waals surface area contributed by atoms with Crippen LogP contribution >= 0.6 is 11.3 Å². The second-order valence-electron chi connectivity index (χ2n) is 6.49. The highest BCUT2D eigenvalue weighted by Gasteiger charge is 2.20. The molecule has 0 aliphatic carbocycles. The van der Waals surface area contributed by atoms with Crippen molar-refractivity contribution in [2.45, 2.75) is 6.92 Å². The van der Waals surface area contributed by atoms with E-state index in [1.165, 1.54) is 31.0 Å². The number of ether oxygens (including phenoxy) is 1. The van der Waals surface area contributed by atoms with E-state index in [-0.39, 0.29) is 28.2 Å². The quantitative estimate of drug-likeness (QED) is 0.372. The summed E-state index contributed by atoms with van der Waals surface area (Å²) in [5.74, 6) is -0.915. The van der Waals surface area contributed by atoms with Crippen molar-refractivity contribution in [3.63, 3.8) is 0 Å². The Morgan fingerprint density at radius 3 is 2.64 bits per heavy atom. The van der Waals surface area contributed by atoms with Crippen LogP contribution in [0.25, 0.3) is 5.13 Å². The van der Waals surface area contributed by atoms with Gasteiger partial charge < -0.3 is 19.8 Å². The van der Waals surface area contributed by atoms with Crippen LogP contribution in [0.1, 0.15) is 17.5 Å². The van der Waals surface area contributed by atoms with Crippen LogP contribution in [0, 0.1) is 0 Å². The van der Waals surface area contributed by atoms with E-state index in [4.69, 9.17) is 9.15 Å². The Morgan fingerprint density at radius 2 is 1.91 bits per heavy atom. The molecule has 0 atom stereocenters. The fourth-order valence-electron chi connectivity index (χ4n) is 2.80. The SMILES string of the molecule is COc1c(Nc2ccccc2)cc(C(=O)Nc2nnc(-n3nccc3NC(C)=O)s2)oc1=O. The van der Waals surface area contributed by atoms with E-state index in [2.05, 4.69) is 31.2 Å². The number of carbonyl (C=O) groups excluding carboxylic acids is 2. The number of para-hydroxylation sites is 1. The maximum absolute atomic E-state index is 12.7. The molecule has 0 aliphatic rings. The molecule has 4 aromatic rings. The van der Waals surface area contributed by atoms with E-state index in [0.29, 0.717) is 16.6 Å². The number of rotatable bonds is 7. The first-order chi connectivity index (χ1) is 15.9. The van der Waals surface area contributed by atoms with Gasteiger partial charge in [-0.1, -0.05) is 29.5 Å². The Labute approximate surface area is 190 Å². The van der Waals surface area contributed by atoms with Crippen molar-refractivity contribution in [2.24, 2.45) is 0 Å². The van der Waals surface area contributed by atoms with Gasteiger partial charge in [-0.25, -0.2) is 4.79 Å². The molecule has 0 unspecified atom stereocenters. The van der Waals surface area contributed by atoms with E-state index in [1.54, 1.807) is 18.2 Å². The predicted molar refractivity (Wildman–Crippen MR) is 121 cm³/mol. The zero-order chi connectivity index (χ0) is 23.4. The van der Waals surface area contributed by atoms with Crippen molar-refractivity contribution >= 4 is 45.5 Å².